The van der Waals surface area contributed by atoms with Crippen molar-refractivity contribution in [3.05, 3.63) is 42.4 Å². The molecule has 0 saturated carbocycles. The zero-order valence-corrected chi connectivity index (χ0v) is 15.8. The molecule has 0 amide bonds. The number of sulfonamides is 2. The number of imidazole rings is 1. The van der Waals surface area contributed by atoms with E-state index in [-0.39, 0.29) is 17.3 Å². The van der Waals surface area contributed by atoms with Gasteiger partial charge in [-0.25, -0.2) is 26.5 Å². The summed E-state index contributed by atoms with van der Waals surface area (Å²) >= 11 is 0. The number of nitrogens with zero attached hydrogens (tertiary/aromatic N) is 2. The Kier molecular flexibility index (Phi) is 6.20. The Bertz CT molecular complexity index is 903. The molecule has 1 aromatic carbocycles. The molecule has 10 heteroatoms. The number of aryl methyl sites for hydroxylation is 1. The van der Waals surface area contributed by atoms with Crippen molar-refractivity contribution in [1.82, 2.24) is 14.3 Å². The molecule has 138 valence electrons. The van der Waals surface area contributed by atoms with Gasteiger partial charge >= 0.3 is 0 Å². The van der Waals surface area contributed by atoms with Gasteiger partial charge in [0.1, 0.15) is 0 Å². The Hall–Kier alpha value is -1.91. The highest BCUT2D eigenvalue weighted by Gasteiger charge is 2.17. The third-order valence-electron chi connectivity index (χ3n) is 3.44. The van der Waals surface area contributed by atoms with E-state index in [1.807, 2.05) is 6.92 Å². The molecule has 0 aliphatic carbocycles. The van der Waals surface area contributed by atoms with Crippen molar-refractivity contribution in [3.63, 3.8) is 0 Å². The Morgan fingerprint density at radius 1 is 1.08 bits per heavy atom. The van der Waals surface area contributed by atoms with E-state index >= 15 is 0 Å². The monoisotopic (exact) mass is 386 g/mol. The molecule has 0 bridgehead atoms. The molecule has 0 aliphatic heterocycles. The minimum Gasteiger partial charge on any atom is -0.336 e. The van der Waals surface area contributed by atoms with Crippen LogP contribution in [0.1, 0.15) is 25.8 Å². The summed E-state index contributed by atoms with van der Waals surface area (Å²) in [6, 6.07) is 6.50. The number of nitrogens with one attached hydrogen (secondary N) is 2. The molecule has 0 unspecified atom stereocenters. The average molecular weight is 386 g/mol. The maximum absolute atomic E-state index is 12.2. The average Bonchev–Trinajstić information content (AvgIpc) is 3.04. The summed E-state index contributed by atoms with van der Waals surface area (Å²) in [5, 5.41) is -0.0201. The van der Waals surface area contributed by atoms with E-state index in [0.717, 1.165) is 6.42 Å². The molecule has 0 radical (unpaired) electrons. The molecule has 0 fully saturated rings. The third-order valence-corrected chi connectivity index (χ3v) is 6.03. The smallest absolute Gasteiger partial charge is 0.259 e. The quantitative estimate of drug-likeness (QED) is 0.679. The van der Waals surface area contributed by atoms with Gasteiger partial charge in [-0.3, -0.25) is 4.72 Å². The molecule has 2 rings (SSSR count). The van der Waals surface area contributed by atoms with E-state index < -0.39 is 20.0 Å². The predicted octanol–water partition coefficient (Wildman–Crippen LogP) is 1.53. The first-order valence-electron chi connectivity index (χ1n) is 7.86. The number of anilines is 1. The van der Waals surface area contributed by atoms with Gasteiger partial charge in [0.05, 0.1) is 12.1 Å². The summed E-state index contributed by atoms with van der Waals surface area (Å²) in [5.74, 6) is -0.0147. The van der Waals surface area contributed by atoms with Gasteiger partial charge in [-0.15, -0.1) is 0 Å². The van der Waals surface area contributed by atoms with Gasteiger partial charge in [0.15, 0.2) is 5.03 Å². The summed E-state index contributed by atoms with van der Waals surface area (Å²) in [5.41, 5.74) is 1.14. The van der Waals surface area contributed by atoms with Crippen LogP contribution in [0.15, 0.2) is 41.8 Å². The van der Waals surface area contributed by atoms with Gasteiger partial charge in [-0.2, -0.15) is 0 Å². The molecule has 1 aromatic heterocycles. The molecule has 2 aromatic rings. The zero-order valence-electron chi connectivity index (χ0n) is 14.1. The van der Waals surface area contributed by atoms with Crippen LogP contribution in [0.5, 0.6) is 0 Å². The molecule has 0 aliphatic rings. The lowest BCUT2D eigenvalue weighted by Crippen LogP contribution is -2.23. The first kappa shape index (κ1) is 19.4. The Balaban J connectivity index is 2.00. The second-order valence-electron chi connectivity index (χ2n) is 5.48. The van der Waals surface area contributed by atoms with Crippen molar-refractivity contribution < 1.29 is 16.8 Å². The molecule has 8 nitrogen and oxygen atoms in total. The van der Waals surface area contributed by atoms with Crippen LogP contribution in [0.25, 0.3) is 0 Å². The normalized spacial score (nSPS) is 12.2. The second kappa shape index (κ2) is 7.98. The molecule has 2 N–H and O–H groups in total. The lowest BCUT2D eigenvalue weighted by Gasteiger charge is -2.08. The summed E-state index contributed by atoms with van der Waals surface area (Å²) in [6.45, 7) is 4.34. The highest BCUT2D eigenvalue weighted by Crippen LogP contribution is 2.13. The zero-order chi connectivity index (χ0) is 18.5. The van der Waals surface area contributed by atoms with E-state index in [1.54, 1.807) is 35.8 Å². The summed E-state index contributed by atoms with van der Waals surface area (Å²) in [6.07, 6.45) is 3.87. The fourth-order valence-corrected chi connectivity index (χ4v) is 3.66. The molecular formula is C15H22N4O4S2. The maximum Gasteiger partial charge on any atom is 0.259 e. The third kappa shape index (κ3) is 5.55. The fraction of sp³-hybridized carbons (Fsp3) is 0.400. The number of aromatic nitrogens is 2. The number of rotatable bonds is 9. The molecule has 0 atom stereocenters. The van der Waals surface area contributed by atoms with Crippen molar-refractivity contribution >= 4 is 25.7 Å². The van der Waals surface area contributed by atoms with Crippen LogP contribution in [0.3, 0.4) is 0 Å². The van der Waals surface area contributed by atoms with Gasteiger partial charge in [0, 0.05) is 25.0 Å². The first-order valence-corrected chi connectivity index (χ1v) is 11.0. The van der Waals surface area contributed by atoms with E-state index in [9.17, 15) is 16.8 Å². The SMILES string of the molecule is CCCn1cnc(S(=O)(=O)NCc2ccc(NS(=O)(=O)CC)cc2)c1. The van der Waals surface area contributed by atoms with Gasteiger partial charge in [-0.1, -0.05) is 19.1 Å². The first-order chi connectivity index (χ1) is 11.8. The van der Waals surface area contributed by atoms with Crippen LogP contribution < -0.4 is 9.44 Å². The largest absolute Gasteiger partial charge is 0.336 e. The van der Waals surface area contributed by atoms with Crippen molar-refractivity contribution in [1.29, 1.82) is 0 Å². The highest BCUT2D eigenvalue weighted by atomic mass is 32.2. The summed E-state index contributed by atoms with van der Waals surface area (Å²) < 4.78 is 54.1. The Labute approximate surface area is 148 Å². The predicted molar refractivity (Wildman–Crippen MR) is 96.1 cm³/mol. The Morgan fingerprint density at radius 3 is 2.36 bits per heavy atom. The van der Waals surface area contributed by atoms with Gasteiger partial charge in [0.25, 0.3) is 10.0 Å². The maximum atomic E-state index is 12.2. The second-order valence-corrected chi connectivity index (χ2v) is 9.20. The van der Waals surface area contributed by atoms with Crippen LogP contribution in [-0.2, 0) is 33.1 Å². The Morgan fingerprint density at radius 2 is 1.76 bits per heavy atom. The van der Waals surface area contributed by atoms with E-state index in [4.69, 9.17) is 0 Å². The van der Waals surface area contributed by atoms with E-state index in [0.29, 0.717) is 17.8 Å². The minimum atomic E-state index is -3.69. The van der Waals surface area contributed by atoms with E-state index in [2.05, 4.69) is 14.4 Å². The lowest BCUT2D eigenvalue weighted by molar-refractivity contribution is 0.577. The number of benzene rings is 1. The summed E-state index contributed by atoms with van der Waals surface area (Å²) in [7, 11) is -7.02. The summed E-state index contributed by atoms with van der Waals surface area (Å²) in [4.78, 5) is 3.92. The van der Waals surface area contributed by atoms with Crippen LogP contribution in [0.2, 0.25) is 0 Å². The standard InChI is InChI=1S/C15H22N4O4S2/c1-3-9-19-11-15(16-12-19)25(22,23)17-10-13-5-7-14(8-6-13)18-24(20,21)4-2/h5-8,11-12,17-18H,3-4,9-10H2,1-2H3. The number of hydrogen-bond acceptors (Lipinski definition) is 5. The minimum absolute atomic E-state index is 0.0147. The number of hydrogen-bond donors (Lipinski definition) is 2. The van der Waals surface area contributed by atoms with Crippen LogP contribution in [-0.4, -0.2) is 32.1 Å². The van der Waals surface area contributed by atoms with Crippen molar-refractivity contribution in [2.75, 3.05) is 10.5 Å². The van der Waals surface area contributed by atoms with Gasteiger partial charge in [-0.05, 0) is 31.0 Å². The van der Waals surface area contributed by atoms with Gasteiger partial charge in [0.2, 0.25) is 10.0 Å². The molecule has 25 heavy (non-hydrogen) atoms. The van der Waals surface area contributed by atoms with Gasteiger partial charge < -0.3 is 4.57 Å². The fourth-order valence-electron chi connectivity index (χ4n) is 2.05. The lowest BCUT2D eigenvalue weighted by atomic mass is 10.2. The molecular weight excluding hydrogens is 364 g/mol. The topological polar surface area (TPSA) is 110 Å². The highest BCUT2D eigenvalue weighted by molar-refractivity contribution is 7.92. The van der Waals surface area contributed by atoms with Crippen molar-refractivity contribution in [2.45, 2.75) is 38.4 Å². The molecule has 0 spiro atoms. The molecule has 1 heterocycles. The van der Waals surface area contributed by atoms with Crippen molar-refractivity contribution in [2.24, 2.45) is 0 Å². The van der Waals surface area contributed by atoms with Crippen LogP contribution >= 0.6 is 0 Å². The molecule has 0 saturated heterocycles. The van der Waals surface area contributed by atoms with Crippen LogP contribution in [0.4, 0.5) is 5.69 Å². The van der Waals surface area contributed by atoms with Crippen LogP contribution in [0, 0.1) is 0 Å². The van der Waals surface area contributed by atoms with Crippen molar-refractivity contribution in [3.8, 4) is 0 Å². The van der Waals surface area contributed by atoms with E-state index in [1.165, 1.54) is 12.5 Å².